The minimum Gasteiger partial charge on any atom is -0.388 e. The molecule has 1 aromatic carbocycles. The van der Waals surface area contributed by atoms with Gasteiger partial charge in [0.05, 0.1) is 11.0 Å². The molecule has 2 heterocycles. The summed E-state index contributed by atoms with van der Waals surface area (Å²) in [4.78, 5) is 25.9. The van der Waals surface area contributed by atoms with Gasteiger partial charge in [-0.05, 0) is 35.3 Å². The lowest BCUT2D eigenvalue weighted by molar-refractivity contribution is -0.384. The number of nitrogens with zero attached hydrogens (tertiary/aromatic N) is 3. The summed E-state index contributed by atoms with van der Waals surface area (Å²) in [7, 11) is 0. The van der Waals surface area contributed by atoms with Gasteiger partial charge in [-0.2, -0.15) is 0 Å². The number of pyridine rings is 1. The van der Waals surface area contributed by atoms with Gasteiger partial charge in [0, 0.05) is 36.6 Å². The number of nitrogens with one attached hydrogen (secondary N) is 1. The molecule has 3 rings (SSSR count). The van der Waals surface area contributed by atoms with Crippen molar-refractivity contribution in [2.24, 2.45) is 0 Å². The number of nitro benzene ring substituents is 1. The van der Waals surface area contributed by atoms with E-state index in [2.05, 4.69) is 15.5 Å². The minimum atomic E-state index is -0.655. The quantitative estimate of drug-likeness (QED) is 0.533. The standard InChI is InChI=1S/C17H14N4O5/c22-17(19-9-7-12-2-1-8-18-11-12)25-16-10-15(26-20-16)13-3-5-14(6-4-13)21(23)24/h1-6,8,10-11H,7,9H2,(H,19,22). The summed E-state index contributed by atoms with van der Waals surface area (Å²) in [6.45, 7) is 0.386. The van der Waals surface area contributed by atoms with Crippen LogP contribution in [0.1, 0.15) is 5.56 Å². The Morgan fingerprint density at radius 2 is 2.08 bits per heavy atom. The Morgan fingerprint density at radius 1 is 1.27 bits per heavy atom. The van der Waals surface area contributed by atoms with Crippen molar-refractivity contribution in [2.75, 3.05) is 6.54 Å². The average Bonchev–Trinajstić information content (AvgIpc) is 3.11. The van der Waals surface area contributed by atoms with Crippen molar-refractivity contribution in [3.05, 3.63) is 70.5 Å². The summed E-state index contributed by atoms with van der Waals surface area (Å²) in [5.74, 6) is 0.329. The number of carbonyl (C=O) groups excluding carboxylic acids is 1. The summed E-state index contributed by atoms with van der Waals surface area (Å²) >= 11 is 0. The van der Waals surface area contributed by atoms with E-state index >= 15 is 0 Å². The van der Waals surface area contributed by atoms with Gasteiger partial charge in [-0.3, -0.25) is 15.1 Å². The molecule has 0 saturated heterocycles. The van der Waals surface area contributed by atoms with Crippen LogP contribution in [0.2, 0.25) is 0 Å². The molecule has 132 valence electrons. The Hall–Kier alpha value is -3.75. The molecule has 0 aliphatic rings. The maximum Gasteiger partial charge on any atom is 0.414 e. The molecule has 9 heteroatoms. The maximum atomic E-state index is 11.8. The van der Waals surface area contributed by atoms with Crippen molar-refractivity contribution >= 4 is 11.8 Å². The number of rotatable bonds is 6. The fourth-order valence-electron chi connectivity index (χ4n) is 2.18. The first-order valence-electron chi connectivity index (χ1n) is 7.68. The molecule has 9 nitrogen and oxygen atoms in total. The van der Waals surface area contributed by atoms with Gasteiger partial charge in [0.1, 0.15) is 0 Å². The second kappa shape index (κ2) is 7.88. The molecule has 2 aromatic heterocycles. The SMILES string of the molecule is O=C(NCCc1cccnc1)Oc1cc(-c2ccc([N+](=O)[O-])cc2)on1. The molecule has 0 atom stereocenters. The molecule has 1 N–H and O–H groups in total. The number of amides is 1. The van der Waals surface area contributed by atoms with Crippen LogP contribution < -0.4 is 10.1 Å². The van der Waals surface area contributed by atoms with Crippen LogP contribution in [-0.4, -0.2) is 27.7 Å². The molecule has 0 bridgehead atoms. The van der Waals surface area contributed by atoms with Crippen LogP contribution in [-0.2, 0) is 6.42 Å². The average molecular weight is 354 g/mol. The lowest BCUT2D eigenvalue weighted by Crippen LogP contribution is -2.28. The van der Waals surface area contributed by atoms with E-state index in [1.807, 2.05) is 12.1 Å². The molecule has 1 amide bonds. The van der Waals surface area contributed by atoms with Crippen LogP contribution in [0.4, 0.5) is 10.5 Å². The Labute approximate surface area is 147 Å². The molecule has 0 spiro atoms. The van der Waals surface area contributed by atoms with E-state index in [-0.39, 0.29) is 11.6 Å². The number of ether oxygens (including phenoxy) is 1. The van der Waals surface area contributed by atoms with Crippen LogP contribution in [0.3, 0.4) is 0 Å². The van der Waals surface area contributed by atoms with E-state index in [0.717, 1.165) is 5.56 Å². The van der Waals surface area contributed by atoms with Crippen molar-refractivity contribution in [2.45, 2.75) is 6.42 Å². The Morgan fingerprint density at radius 3 is 2.77 bits per heavy atom. The van der Waals surface area contributed by atoms with E-state index in [4.69, 9.17) is 9.26 Å². The molecule has 0 fully saturated rings. The fraction of sp³-hybridized carbons (Fsp3) is 0.118. The Balaban J connectivity index is 1.52. The zero-order valence-electron chi connectivity index (χ0n) is 13.5. The first-order chi connectivity index (χ1) is 12.6. The van der Waals surface area contributed by atoms with Crippen LogP contribution in [0, 0.1) is 10.1 Å². The molecule has 0 aliphatic heterocycles. The van der Waals surface area contributed by atoms with Crippen LogP contribution in [0.25, 0.3) is 11.3 Å². The highest BCUT2D eigenvalue weighted by molar-refractivity contribution is 5.70. The summed E-state index contributed by atoms with van der Waals surface area (Å²) < 4.78 is 10.1. The summed E-state index contributed by atoms with van der Waals surface area (Å²) in [6, 6.07) is 10.9. The van der Waals surface area contributed by atoms with Crippen LogP contribution in [0.15, 0.2) is 59.4 Å². The maximum absolute atomic E-state index is 11.8. The molecule has 0 aliphatic carbocycles. The third kappa shape index (κ3) is 4.41. The van der Waals surface area contributed by atoms with Gasteiger partial charge in [0.15, 0.2) is 5.76 Å². The molecular formula is C17H14N4O5. The second-order valence-electron chi connectivity index (χ2n) is 5.26. The van der Waals surface area contributed by atoms with E-state index in [1.165, 1.54) is 30.3 Å². The third-order valence-electron chi connectivity index (χ3n) is 3.45. The molecular weight excluding hydrogens is 340 g/mol. The fourth-order valence-corrected chi connectivity index (χ4v) is 2.18. The summed E-state index contributed by atoms with van der Waals surface area (Å²) in [5.41, 5.74) is 1.54. The highest BCUT2D eigenvalue weighted by atomic mass is 16.6. The second-order valence-corrected chi connectivity index (χ2v) is 5.26. The van der Waals surface area contributed by atoms with Crippen LogP contribution in [0.5, 0.6) is 5.88 Å². The number of non-ortho nitro benzene ring substituents is 1. The lowest BCUT2D eigenvalue weighted by atomic mass is 10.1. The number of benzene rings is 1. The first kappa shape index (κ1) is 17.1. The van der Waals surface area contributed by atoms with Gasteiger partial charge in [0.25, 0.3) is 11.6 Å². The largest absolute Gasteiger partial charge is 0.414 e. The monoisotopic (exact) mass is 354 g/mol. The minimum absolute atomic E-state index is 0.00256. The van der Waals surface area contributed by atoms with Gasteiger partial charge < -0.3 is 14.6 Å². The van der Waals surface area contributed by atoms with Crippen molar-refractivity contribution < 1.29 is 19.0 Å². The highest BCUT2D eigenvalue weighted by Gasteiger charge is 2.13. The molecule has 26 heavy (non-hydrogen) atoms. The predicted octanol–water partition coefficient (Wildman–Crippen LogP) is 2.98. The zero-order chi connectivity index (χ0) is 18.4. The number of aromatic nitrogens is 2. The van der Waals surface area contributed by atoms with Gasteiger partial charge in [-0.1, -0.05) is 6.07 Å². The topological polar surface area (TPSA) is 120 Å². The van der Waals surface area contributed by atoms with Crippen molar-refractivity contribution in [1.82, 2.24) is 15.5 Å². The predicted molar refractivity (Wildman–Crippen MR) is 90.6 cm³/mol. The smallest absolute Gasteiger partial charge is 0.388 e. The van der Waals surface area contributed by atoms with Crippen molar-refractivity contribution in [3.63, 3.8) is 0 Å². The number of hydrogen-bond donors (Lipinski definition) is 1. The van der Waals surface area contributed by atoms with Crippen molar-refractivity contribution in [3.8, 4) is 17.2 Å². The van der Waals surface area contributed by atoms with Gasteiger partial charge >= 0.3 is 6.09 Å². The summed E-state index contributed by atoms with van der Waals surface area (Å²) in [5, 5.41) is 16.9. The van der Waals surface area contributed by atoms with E-state index < -0.39 is 11.0 Å². The molecule has 0 radical (unpaired) electrons. The lowest BCUT2D eigenvalue weighted by Gasteiger charge is -2.03. The van der Waals surface area contributed by atoms with Gasteiger partial charge in [0.2, 0.25) is 0 Å². The van der Waals surface area contributed by atoms with E-state index in [0.29, 0.717) is 24.3 Å². The Kier molecular flexibility index (Phi) is 5.18. The highest BCUT2D eigenvalue weighted by Crippen LogP contribution is 2.25. The van der Waals surface area contributed by atoms with Crippen LogP contribution >= 0.6 is 0 Å². The van der Waals surface area contributed by atoms with E-state index in [1.54, 1.807) is 12.4 Å². The van der Waals surface area contributed by atoms with Gasteiger partial charge in [-0.15, -0.1) is 0 Å². The molecule has 0 saturated carbocycles. The number of hydrogen-bond acceptors (Lipinski definition) is 7. The van der Waals surface area contributed by atoms with Crippen molar-refractivity contribution in [1.29, 1.82) is 0 Å². The molecule has 0 unspecified atom stereocenters. The molecule has 3 aromatic rings. The number of carbonyl (C=O) groups is 1. The summed E-state index contributed by atoms with van der Waals surface area (Å²) in [6.07, 6.45) is 3.37. The van der Waals surface area contributed by atoms with E-state index in [9.17, 15) is 14.9 Å². The zero-order valence-corrected chi connectivity index (χ0v) is 13.5. The third-order valence-corrected chi connectivity index (χ3v) is 3.45. The Bertz CT molecular complexity index is 893. The number of nitro groups is 1. The first-order valence-corrected chi connectivity index (χ1v) is 7.68. The van der Waals surface area contributed by atoms with Gasteiger partial charge in [-0.25, -0.2) is 4.79 Å². The normalized spacial score (nSPS) is 10.3.